The molecule has 0 amide bonds. The van der Waals surface area contributed by atoms with Crippen molar-refractivity contribution in [2.75, 3.05) is 26.1 Å². The number of rotatable bonds is 6. The number of hydrogen-bond acceptors (Lipinski definition) is 5. The molecule has 2 aromatic heterocycles. The third-order valence-corrected chi connectivity index (χ3v) is 3.12. The van der Waals surface area contributed by atoms with Crippen molar-refractivity contribution in [2.45, 2.75) is 13.1 Å². The van der Waals surface area contributed by atoms with Gasteiger partial charge in [0, 0.05) is 46.0 Å². The molecule has 1 N–H and O–H groups in total. The summed E-state index contributed by atoms with van der Waals surface area (Å²) in [6, 6.07) is 3.92. The molecule has 108 valence electrons. The van der Waals surface area contributed by atoms with Crippen LogP contribution in [0.15, 0.2) is 24.5 Å². The number of hydrogen-bond donors (Lipinski definition) is 1. The maximum Gasteiger partial charge on any atom is 0.217 e. The van der Waals surface area contributed by atoms with Crippen molar-refractivity contribution >= 4 is 5.95 Å². The van der Waals surface area contributed by atoms with Gasteiger partial charge in [-0.05, 0) is 6.07 Å². The summed E-state index contributed by atoms with van der Waals surface area (Å²) < 4.78 is 7.31. The molecule has 2 heterocycles. The zero-order valence-electron chi connectivity index (χ0n) is 12.4. The van der Waals surface area contributed by atoms with E-state index in [1.54, 1.807) is 13.3 Å². The molecule has 20 heavy (non-hydrogen) atoms. The minimum Gasteiger partial charge on any atom is -0.481 e. The second-order valence-corrected chi connectivity index (χ2v) is 4.78. The first-order valence-electron chi connectivity index (χ1n) is 6.50. The van der Waals surface area contributed by atoms with Crippen LogP contribution in [0.5, 0.6) is 5.88 Å². The highest BCUT2D eigenvalue weighted by atomic mass is 16.5. The number of nitrogens with zero attached hydrogens (tertiary/aromatic N) is 4. The van der Waals surface area contributed by atoms with E-state index in [1.165, 1.54) is 0 Å². The highest BCUT2D eigenvalue weighted by Gasteiger charge is 2.08. The normalized spacial score (nSPS) is 10.6. The van der Waals surface area contributed by atoms with Gasteiger partial charge in [-0.1, -0.05) is 6.07 Å². The van der Waals surface area contributed by atoms with E-state index in [-0.39, 0.29) is 0 Å². The average molecular weight is 275 g/mol. The fraction of sp³-hybridized carbons (Fsp3) is 0.429. The first-order valence-corrected chi connectivity index (χ1v) is 6.50. The molecule has 0 aliphatic carbocycles. The van der Waals surface area contributed by atoms with Gasteiger partial charge in [-0.15, -0.1) is 0 Å². The van der Waals surface area contributed by atoms with Crippen molar-refractivity contribution in [3.63, 3.8) is 0 Å². The predicted molar refractivity (Wildman–Crippen MR) is 78.9 cm³/mol. The Balaban J connectivity index is 1.96. The van der Waals surface area contributed by atoms with Crippen LogP contribution in [0.1, 0.15) is 11.3 Å². The third kappa shape index (κ3) is 3.08. The molecule has 0 fully saturated rings. The Morgan fingerprint density at radius 2 is 2.10 bits per heavy atom. The van der Waals surface area contributed by atoms with Crippen LogP contribution in [-0.2, 0) is 20.1 Å². The number of methoxy groups -OCH3 is 1. The molecular formula is C14H21N5O. The fourth-order valence-corrected chi connectivity index (χ4v) is 2.08. The van der Waals surface area contributed by atoms with Crippen molar-refractivity contribution in [1.82, 2.24) is 19.9 Å². The van der Waals surface area contributed by atoms with E-state index in [4.69, 9.17) is 4.74 Å². The Bertz CT molecular complexity index is 564. The molecule has 2 rings (SSSR count). The Kier molecular flexibility index (Phi) is 4.57. The largest absolute Gasteiger partial charge is 0.481 e. The topological polar surface area (TPSA) is 55.2 Å². The van der Waals surface area contributed by atoms with Crippen molar-refractivity contribution in [3.05, 3.63) is 35.8 Å². The quantitative estimate of drug-likeness (QED) is 0.858. The van der Waals surface area contributed by atoms with Gasteiger partial charge in [-0.3, -0.25) is 0 Å². The molecule has 0 atom stereocenters. The molecule has 6 heteroatoms. The Hall–Kier alpha value is -2.08. The van der Waals surface area contributed by atoms with Gasteiger partial charge < -0.3 is 19.5 Å². The Morgan fingerprint density at radius 1 is 1.30 bits per heavy atom. The fourth-order valence-electron chi connectivity index (χ4n) is 2.08. The summed E-state index contributed by atoms with van der Waals surface area (Å²) in [5.74, 6) is 1.61. The van der Waals surface area contributed by atoms with Gasteiger partial charge in [0.1, 0.15) is 0 Å². The molecule has 0 aliphatic rings. The van der Waals surface area contributed by atoms with E-state index in [2.05, 4.69) is 19.9 Å². The first kappa shape index (κ1) is 14.3. The Morgan fingerprint density at radius 3 is 2.75 bits per heavy atom. The monoisotopic (exact) mass is 275 g/mol. The van der Waals surface area contributed by atoms with Gasteiger partial charge in [-0.2, -0.15) is 0 Å². The molecule has 0 aliphatic heterocycles. The van der Waals surface area contributed by atoms with Gasteiger partial charge in [0.25, 0.3) is 0 Å². The van der Waals surface area contributed by atoms with Gasteiger partial charge >= 0.3 is 0 Å². The summed E-state index contributed by atoms with van der Waals surface area (Å²) in [5.41, 5.74) is 2.18. The van der Waals surface area contributed by atoms with E-state index < -0.39 is 0 Å². The lowest BCUT2D eigenvalue weighted by molar-refractivity contribution is 0.390. The van der Waals surface area contributed by atoms with Crippen molar-refractivity contribution in [3.8, 4) is 5.88 Å². The van der Waals surface area contributed by atoms with E-state index in [0.717, 1.165) is 23.8 Å². The van der Waals surface area contributed by atoms with Gasteiger partial charge in [0.15, 0.2) is 0 Å². The second-order valence-electron chi connectivity index (χ2n) is 4.78. The van der Waals surface area contributed by atoms with Crippen LogP contribution in [0, 0.1) is 0 Å². The predicted octanol–water partition coefficient (Wildman–Crippen LogP) is 1.18. The maximum atomic E-state index is 5.23. The van der Waals surface area contributed by atoms with Gasteiger partial charge in [0.2, 0.25) is 11.8 Å². The molecule has 0 saturated carbocycles. The zero-order valence-corrected chi connectivity index (χ0v) is 12.4. The molecule has 0 unspecified atom stereocenters. The summed E-state index contributed by atoms with van der Waals surface area (Å²) in [4.78, 5) is 10.6. The number of pyridine rings is 1. The van der Waals surface area contributed by atoms with Crippen LogP contribution < -0.4 is 15.0 Å². The summed E-state index contributed by atoms with van der Waals surface area (Å²) >= 11 is 0. The lowest BCUT2D eigenvalue weighted by atomic mass is 10.2. The summed E-state index contributed by atoms with van der Waals surface area (Å²) in [6.07, 6.45) is 3.62. The van der Waals surface area contributed by atoms with Crippen molar-refractivity contribution < 1.29 is 4.74 Å². The second kappa shape index (κ2) is 6.38. The molecular weight excluding hydrogens is 254 g/mol. The summed E-state index contributed by atoms with van der Waals surface area (Å²) in [6.45, 7) is 1.45. The highest BCUT2D eigenvalue weighted by Crippen LogP contribution is 2.14. The summed E-state index contributed by atoms with van der Waals surface area (Å²) in [5, 5.41) is 3.39. The first-order chi connectivity index (χ1) is 9.63. The number of anilines is 1. The highest BCUT2D eigenvalue weighted by molar-refractivity contribution is 5.31. The van der Waals surface area contributed by atoms with Crippen molar-refractivity contribution in [2.24, 2.45) is 7.05 Å². The number of imidazole rings is 1. The third-order valence-electron chi connectivity index (χ3n) is 3.12. The van der Waals surface area contributed by atoms with Crippen LogP contribution in [0.4, 0.5) is 5.95 Å². The van der Waals surface area contributed by atoms with Gasteiger partial charge in [0.05, 0.1) is 19.0 Å². The standard InChI is InChI=1S/C14H21N5O/c1-18(2)14-17-10-12(19(14)3)9-15-8-11-6-5-7-16-13(11)20-4/h5-7,10,15H,8-9H2,1-4H3. The van der Waals surface area contributed by atoms with E-state index in [0.29, 0.717) is 12.4 Å². The van der Waals surface area contributed by atoms with E-state index >= 15 is 0 Å². The summed E-state index contributed by atoms with van der Waals surface area (Å²) in [7, 11) is 7.63. The van der Waals surface area contributed by atoms with Crippen LogP contribution >= 0.6 is 0 Å². The lowest BCUT2D eigenvalue weighted by Gasteiger charge is -2.13. The van der Waals surface area contributed by atoms with Crippen LogP contribution in [0.25, 0.3) is 0 Å². The van der Waals surface area contributed by atoms with Crippen molar-refractivity contribution in [1.29, 1.82) is 0 Å². The SMILES string of the molecule is COc1ncccc1CNCc1cnc(N(C)C)n1C. The number of nitrogens with one attached hydrogen (secondary N) is 1. The molecule has 6 nitrogen and oxygen atoms in total. The zero-order chi connectivity index (χ0) is 14.5. The van der Waals surface area contributed by atoms with Crippen LogP contribution in [-0.4, -0.2) is 35.7 Å². The molecule has 0 radical (unpaired) electrons. The van der Waals surface area contributed by atoms with Crippen LogP contribution in [0.3, 0.4) is 0 Å². The molecule has 0 saturated heterocycles. The molecule has 0 aromatic carbocycles. The molecule has 2 aromatic rings. The minimum absolute atomic E-state index is 0.666. The molecule has 0 spiro atoms. The number of aromatic nitrogens is 3. The van der Waals surface area contributed by atoms with E-state index in [9.17, 15) is 0 Å². The van der Waals surface area contributed by atoms with Crippen LogP contribution in [0.2, 0.25) is 0 Å². The molecule has 0 bridgehead atoms. The average Bonchev–Trinajstić information content (AvgIpc) is 2.81. The Labute approximate surface area is 119 Å². The minimum atomic E-state index is 0.666. The lowest BCUT2D eigenvalue weighted by Crippen LogP contribution is -2.18. The smallest absolute Gasteiger partial charge is 0.217 e. The van der Waals surface area contributed by atoms with Gasteiger partial charge in [-0.25, -0.2) is 9.97 Å². The maximum absolute atomic E-state index is 5.23. The number of ether oxygens (including phenoxy) is 1. The van der Waals surface area contributed by atoms with E-state index in [1.807, 2.05) is 44.4 Å².